The van der Waals surface area contributed by atoms with Crippen molar-refractivity contribution < 1.29 is 17.5 Å². The Labute approximate surface area is 214 Å². The maximum absolute atomic E-state index is 13.5. The van der Waals surface area contributed by atoms with Crippen molar-refractivity contribution in [3.05, 3.63) is 52.8 Å². The predicted octanol–water partition coefficient (Wildman–Crippen LogP) is 5.72. The molecule has 0 N–H and O–H groups in total. The third-order valence-electron chi connectivity index (χ3n) is 6.72. The summed E-state index contributed by atoms with van der Waals surface area (Å²) in [5.74, 6) is 0.505. The van der Waals surface area contributed by atoms with Gasteiger partial charge in [-0.15, -0.1) is 0 Å². The number of sulfonamides is 1. The van der Waals surface area contributed by atoms with Crippen LogP contribution in [0.2, 0.25) is 5.02 Å². The molecule has 0 aliphatic carbocycles. The summed E-state index contributed by atoms with van der Waals surface area (Å²) in [5.41, 5.74) is 2.33. The van der Waals surface area contributed by atoms with Gasteiger partial charge in [-0.3, -0.25) is 0 Å². The van der Waals surface area contributed by atoms with Gasteiger partial charge < -0.3 is 9.30 Å². The molecule has 35 heavy (non-hydrogen) atoms. The fourth-order valence-electron chi connectivity index (χ4n) is 4.82. The van der Waals surface area contributed by atoms with Gasteiger partial charge in [0.1, 0.15) is 5.82 Å². The Morgan fingerprint density at radius 3 is 2.80 bits per heavy atom. The number of aromatic nitrogens is 2. The van der Waals surface area contributed by atoms with Gasteiger partial charge in [0.2, 0.25) is 10.0 Å². The third-order valence-corrected chi connectivity index (χ3v) is 9.96. The first kappa shape index (κ1) is 25.0. The van der Waals surface area contributed by atoms with Crippen LogP contribution in [0.15, 0.2) is 46.5 Å². The minimum atomic E-state index is -3.58. The molecule has 6 nitrogen and oxygen atoms in total. The molecule has 10 heteroatoms. The molecular weight excluding hydrogens is 509 g/mol. The molecular formula is C25H29ClFN3O3S2. The van der Waals surface area contributed by atoms with Gasteiger partial charge in [0.25, 0.3) is 0 Å². The van der Waals surface area contributed by atoms with E-state index in [4.69, 9.17) is 21.3 Å². The van der Waals surface area contributed by atoms with Gasteiger partial charge in [0.15, 0.2) is 5.16 Å². The SMILES string of the molecule is C[C@H]1CCCN(S(=O)(=O)c2ccc3c(c2)nc(SCc2ccc(F)cc2Cl)n3C[C@@H]2CCCO2)C1. The normalized spacial score (nSPS) is 21.7. The second kappa shape index (κ2) is 10.4. The van der Waals surface area contributed by atoms with Crippen LogP contribution in [-0.2, 0) is 27.1 Å². The van der Waals surface area contributed by atoms with Crippen molar-refractivity contribution in [1.29, 1.82) is 0 Å². The van der Waals surface area contributed by atoms with Crippen LogP contribution < -0.4 is 0 Å². The van der Waals surface area contributed by atoms with E-state index in [2.05, 4.69) is 11.5 Å². The number of hydrogen-bond acceptors (Lipinski definition) is 5. The quantitative estimate of drug-likeness (QED) is 0.361. The van der Waals surface area contributed by atoms with Crippen molar-refractivity contribution in [3.63, 3.8) is 0 Å². The van der Waals surface area contributed by atoms with E-state index in [0.29, 0.717) is 41.8 Å². The van der Waals surface area contributed by atoms with Crippen molar-refractivity contribution in [2.24, 2.45) is 5.92 Å². The number of thioether (sulfide) groups is 1. The number of ether oxygens (including phenoxy) is 1. The van der Waals surface area contributed by atoms with Crippen LogP contribution in [0.4, 0.5) is 4.39 Å². The fraction of sp³-hybridized carbons (Fsp3) is 0.480. The van der Waals surface area contributed by atoms with Crippen LogP contribution in [0.5, 0.6) is 0 Å². The number of benzene rings is 2. The summed E-state index contributed by atoms with van der Waals surface area (Å²) in [6.07, 6.45) is 4.04. The lowest BCUT2D eigenvalue weighted by Crippen LogP contribution is -2.39. The molecule has 2 saturated heterocycles. The molecule has 188 valence electrons. The van der Waals surface area contributed by atoms with Crippen molar-refractivity contribution in [3.8, 4) is 0 Å². The largest absolute Gasteiger partial charge is 0.376 e. The molecule has 2 aromatic carbocycles. The van der Waals surface area contributed by atoms with Crippen LogP contribution in [0.1, 0.15) is 38.2 Å². The number of piperidine rings is 1. The Hall–Kier alpha value is -1.65. The fourth-order valence-corrected chi connectivity index (χ4v) is 7.78. The Morgan fingerprint density at radius 1 is 1.20 bits per heavy atom. The molecule has 1 aromatic heterocycles. The van der Waals surface area contributed by atoms with Gasteiger partial charge in [-0.1, -0.05) is 36.4 Å². The number of fused-ring (bicyclic) bond motifs is 1. The van der Waals surface area contributed by atoms with Crippen molar-refractivity contribution >= 4 is 44.4 Å². The molecule has 3 aromatic rings. The molecule has 0 amide bonds. The number of nitrogens with zero attached hydrogens (tertiary/aromatic N) is 3. The van der Waals surface area contributed by atoms with Crippen molar-refractivity contribution in [2.75, 3.05) is 19.7 Å². The number of imidazole rings is 1. The summed E-state index contributed by atoms with van der Waals surface area (Å²) >= 11 is 7.74. The molecule has 2 aliphatic rings. The molecule has 5 rings (SSSR count). The standard InChI is InChI=1S/C25H29ClFN3O3S2/c1-17-4-2-10-29(14-17)35(31,32)21-8-9-24-23(13-21)28-25(30(24)15-20-5-3-11-33-20)34-16-18-6-7-19(27)12-22(18)26/h6-9,12-13,17,20H,2-5,10-11,14-16H2,1H3/t17-,20-/m0/s1. The zero-order valence-electron chi connectivity index (χ0n) is 19.6. The van der Waals surface area contributed by atoms with E-state index in [0.717, 1.165) is 48.5 Å². The lowest BCUT2D eigenvalue weighted by molar-refractivity contribution is 0.0960. The number of hydrogen-bond donors (Lipinski definition) is 0. The zero-order chi connectivity index (χ0) is 24.6. The van der Waals surface area contributed by atoms with Gasteiger partial charge in [-0.2, -0.15) is 4.31 Å². The first-order valence-electron chi connectivity index (χ1n) is 12.0. The van der Waals surface area contributed by atoms with E-state index >= 15 is 0 Å². The van der Waals surface area contributed by atoms with Crippen LogP contribution in [0.25, 0.3) is 11.0 Å². The Morgan fingerprint density at radius 2 is 2.06 bits per heavy atom. The zero-order valence-corrected chi connectivity index (χ0v) is 22.0. The van der Waals surface area contributed by atoms with Gasteiger partial charge in [-0.05, 0) is 67.5 Å². The topological polar surface area (TPSA) is 64.4 Å². The average Bonchev–Trinajstić information content (AvgIpc) is 3.46. The van der Waals surface area contributed by atoms with E-state index in [1.165, 1.54) is 23.9 Å². The average molecular weight is 538 g/mol. The van der Waals surface area contributed by atoms with Crippen molar-refractivity contribution in [1.82, 2.24) is 13.9 Å². The molecule has 2 fully saturated rings. The minimum Gasteiger partial charge on any atom is -0.376 e. The van der Waals surface area contributed by atoms with Crippen LogP contribution in [0.3, 0.4) is 0 Å². The summed E-state index contributed by atoms with van der Waals surface area (Å²) in [6, 6.07) is 9.62. The Kier molecular flexibility index (Phi) is 7.42. The lowest BCUT2D eigenvalue weighted by atomic mass is 10.0. The summed E-state index contributed by atoms with van der Waals surface area (Å²) in [6.45, 7) is 4.59. The van der Waals surface area contributed by atoms with E-state index in [9.17, 15) is 12.8 Å². The van der Waals surface area contributed by atoms with Gasteiger partial charge >= 0.3 is 0 Å². The highest BCUT2D eigenvalue weighted by molar-refractivity contribution is 7.98. The Bertz CT molecular complexity index is 1320. The monoisotopic (exact) mass is 537 g/mol. The number of rotatable bonds is 7. The van der Waals surface area contributed by atoms with E-state index in [1.54, 1.807) is 22.5 Å². The predicted molar refractivity (Wildman–Crippen MR) is 137 cm³/mol. The van der Waals surface area contributed by atoms with E-state index in [-0.39, 0.29) is 16.8 Å². The second-order valence-corrected chi connectivity index (χ2v) is 12.7. The molecule has 2 aliphatic heterocycles. The summed E-state index contributed by atoms with van der Waals surface area (Å²) in [5, 5.41) is 1.14. The molecule has 3 heterocycles. The van der Waals surface area contributed by atoms with E-state index < -0.39 is 10.0 Å². The van der Waals surface area contributed by atoms with Gasteiger partial charge in [0.05, 0.1) is 28.6 Å². The van der Waals surface area contributed by atoms with Crippen LogP contribution in [-0.4, -0.2) is 48.1 Å². The minimum absolute atomic E-state index is 0.0967. The van der Waals surface area contributed by atoms with Gasteiger partial charge in [-0.25, -0.2) is 17.8 Å². The summed E-state index contributed by atoms with van der Waals surface area (Å²) in [7, 11) is -3.58. The first-order valence-corrected chi connectivity index (χ1v) is 14.8. The molecule has 0 saturated carbocycles. The Balaban J connectivity index is 1.47. The highest BCUT2D eigenvalue weighted by atomic mass is 35.5. The highest BCUT2D eigenvalue weighted by Crippen LogP contribution is 2.32. The smallest absolute Gasteiger partial charge is 0.243 e. The van der Waals surface area contributed by atoms with Crippen molar-refractivity contribution in [2.45, 2.75) is 61.1 Å². The molecule has 0 bridgehead atoms. The maximum Gasteiger partial charge on any atom is 0.243 e. The third kappa shape index (κ3) is 5.39. The molecule has 0 unspecified atom stereocenters. The lowest BCUT2D eigenvalue weighted by Gasteiger charge is -2.30. The summed E-state index contributed by atoms with van der Waals surface area (Å²) in [4.78, 5) is 5.10. The highest BCUT2D eigenvalue weighted by Gasteiger charge is 2.29. The first-order chi connectivity index (χ1) is 16.8. The molecule has 0 spiro atoms. The number of halogens is 2. The molecule has 0 radical (unpaired) electrons. The van der Waals surface area contributed by atoms with Gasteiger partial charge in [0, 0.05) is 30.5 Å². The second-order valence-electron chi connectivity index (χ2n) is 9.43. The summed E-state index contributed by atoms with van der Waals surface area (Å²) < 4.78 is 49.7. The van der Waals surface area contributed by atoms with Crippen LogP contribution >= 0.6 is 23.4 Å². The maximum atomic E-state index is 13.5. The van der Waals surface area contributed by atoms with Crippen LogP contribution in [0, 0.1) is 11.7 Å². The molecule has 2 atom stereocenters. The van der Waals surface area contributed by atoms with E-state index in [1.807, 2.05) is 6.07 Å².